The highest BCUT2D eigenvalue weighted by Crippen LogP contribution is 2.24. The van der Waals surface area contributed by atoms with Gasteiger partial charge in [-0.3, -0.25) is 14.5 Å². The number of nitrogens with one attached hydrogen (secondary N) is 1. The summed E-state index contributed by atoms with van der Waals surface area (Å²) in [5.74, 6) is -0.507. The van der Waals surface area contributed by atoms with Crippen molar-refractivity contribution in [2.75, 3.05) is 18.9 Å². The summed E-state index contributed by atoms with van der Waals surface area (Å²) >= 11 is 3.24. The fourth-order valence-corrected chi connectivity index (χ4v) is 1.81. The van der Waals surface area contributed by atoms with Crippen molar-refractivity contribution in [3.8, 4) is 0 Å². The molecular formula is C12H11BrN2O2. The van der Waals surface area contributed by atoms with Crippen molar-refractivity contribution in [3.05, 3.63) is 40.4 Å². The molecule has 1 aliphatic rings. The monoisotopic (exact) mass is 294 g/mol. The molecule has 17 heavy (non-hydrogen) atoms. The number of benzene rings is 1. The van der Waals surface area contributed by atoms with Gasteiger partial charge in [0.1, 0.15) is 0 Å². The molecular weight excluding hydrogens is 284 g/mol. The highest BCUT2D eigenvalue weighted by Gasteiger charge is 2.32. The number of hydrogen-bond acceptors (Lipinski definition) is 3. The SMILES string of the molecule is C=C(Br)CNc1ccc2c(c1)C(=O)N(C)C2=O. The van der Waals surface area contributed by atoms with Crippen LogP contribution in [-0.4, -0.2) is 30.3 Å². The summed E-state index contributed by atoms with van der Waals surface area (Å²) in [6, 6.07) is 5.13. The van der Waals surface area contributed by atoms with Crippen LogP contribution in [0.1, 0.15) is 20.7 Å². The molecule has 0 saturated heterocycles. The maximum Gasteiger partial charge on any atom is 0.261 e. The van der Waals surface area contributed by atoms with Crippen molar-refractivity contribution in [2.24, 2.45) is 0 Å². The van der Waals surface area contributed by atoms with Crippen molar-refractivity contribution < 1.29 is 9.59 Å². The molecule has 5 heteroatoms. The van der Waals surface area contributed by atoms with Crippen LogP contribution in [-0.2, 0) is 0 Å². The third kappa shape index (κ3) is 2.10. The first-order valence-electron chi connectivity index (χ1n) is 5.04. The van der Waals surface area contributed by atoms with Gasteiger partial charge in [-0.2, -0.15) is 0 Å². The van der Waals surface area contributed by atoms with Crippen molar-refractivity contribution in [1.29, 1.82) is 0 Å². The number of anilines is 1. The van der Waals surface area contributed by atoms with Crippen LogP contribution in [0.5, 0.6) is 0 Å². The molecule has 88 valence electrons. The number of nitrogens with zero attached hydrogens (tertiary/aromatic N) is 1. The molecule has 0 atom stereocenters. The average Bonchev–Trinajstić information content (AvgIpc) is 2.52. The highest BCUT2D eigenvalue weighted by molar-refractivity contribution is 9.11. The molecule has 1 heterocycles. The predicted octanol–water partition coefficient (Wildman–Crippen LogP) is 2.23. The number of hydrogen-bond donors (Lipinski definition) is 1. The Morgan fingerprint density at radius 3 is 2.65 bits per heavy atom. The molecule has 0 spiro atoms. The van der Waals surface area contributed by atoms with Gasteiger partial charge in [0.25, 0.3) is 11.8 Å². The smallest absolute Gasteiger partial charge is 0.261 e. The van der Waals surface area contributed by atoms with Gasteiger partial charge in [0, 0.05) is 23.8 Å². The average molecular weight is 295 g/mol. The molecule has 0 bridgehead atoms. The summed E-state index contributed by atoms with van der Waals surface area (Å²) in [6.07, 6.45) is 0. The first kappa shape index (κ1) is 11.9. The van der Waals surface area contributed by atoms with E-state index < -0.39 is 0 Å². The molecule has 0 saturated carbocycles. The Kier molecular flexibility index (Phi) is 3.02. The van der Waals surface area contributed by atoms with E-state index in [1.807, 2.05) is 0 Å². The Morgan fingerprint density at radius 1 is 1.35 bits per heavy atom. The minimum absolute atomic E-state index is 0.249. The second kappa shape index (κ2) is 4.33. The molecule has 0 unspecified atom stereocenters. The lowest BCUT2D eigenvalue weighted by molar-refractivity contribution is 0.0693. The molecule has 1 N–H and O–H groups in total. The fraction of sp³-hybridized carbons (Fsp3) is 0.167. The lowest BCUT2D eigenvalue weighted by Gasteiger charge is -2.05. The molecule has 4 nitrogen and oxygen atoms in total. The van der Waals surface area contributed by atoms with Gasteiger partial charge in [-0.15, -0.1) is 0 Å². The third-order valence-electron chi connectivity index (χ3n) is 2.57. The van der Waals surface area contributed by atoms with Crippen LogP contribution in [0.2, 0.25) is 0 Å². The zero-order valence-corrected chi connectivity index (χ0v) is 10.9. The summed E-state index contributed by atoms with van der Waals surface area (Å²) in [7, 11) is 1.48. The van der Waals surface area contributed by atoms with Gasteiger partial charge in [0.2, 0.25) is 0 Å². The zero-order chi connectivity index (χ0) is 12.6. The Morgan fingerprint density at radius 2 is 2.00 bits per heavy atom. The number of fused-ring (bicyclic) bond motifs is 1. The number of carbonyl (C=O) groups is 2. The van der Waals surface area contributed by atoms with Gasteiger partial charge < -0.3 is 5.32 Å². The van der Waals surface area contributed by atoms with Gasteiger partial charge >= 0.3 is 0 Å². The number of halogens is 1. The van der Waals surface area contributed by atoms with E-state index in [9.17, 15) is 9.59 Å². The molecule has 0 aliphatic carbocycles. The predicted molar refractivity (Wildman–Crippen MR) is 69.4 cm³/mol. The van der Waals surface area contributed by atoms with E-state index in [2.05, 4.69) is 27.8 Å². The zero-order valence-electron chi connectivity index (χ0n) is 9.29. The Labute approximate surface area is 107 Å². The molecule has 1 aromatic carbocycles. The van der Waals surface area contributed by atoms with E-state index in [0.29, 0.717) is 17.7 Å². The van der Waals surface area contributed by atoms with Crippen LogP contribution < -0.4 is 5.32 Å². The van der Waals surface area contributed by atoms with Crippen molar-refractivity contribution in [3.63, 3.8) is 0 Å². The molecule has 0 aromatic heterocycles. The van der Waals surface area contributed by atoms with Gasteiger partial charge in [-0.05, 0) is 18.2 Å². The maximum absolute atomic E-state index is 11.7. The van der Waals surface area contributed by atoms with Gasteiger partial charge in [0.05, 0.1) is 11.1 Å². The lowest BCUT2D eigenvalue weighted by atomic mass is 10.1. The van der Waals surface area contributed by atoms with E-state index in [4.69, 9.17) is 0 Å². The van der Waals surface area contributed by atoms with Crippen LogP contribution in [0.15, 0.2) is 29.3 Å². The largest absolute Gasteiger partial charge is 0.380 e. The molecule has 0 fully saturated rings. The van der Waals surface area contributed by atoms with E-state index in [0.717, 1.165) is 15.1 Å². The standard InChI is InChI=1S/C12H11BrN2O2/c1-7(13)6-14-8-3-4-9-10(5-8)12(17)15(2)11(9)16/h3-5,14H,1,6H2,2H3. The second-order valence-electron chi connectivity index (χ2n) is 3.80. The summed E-state index contributed by atoms with van der Waals surface area (Å²) in [4.78, 5) is 24.5. The minimum atomic E-state index is -0.258. The number of amides is 2. The number of carbonyl (C=O) groups excluding carboxylic acids is 2. The second-order valence-corrected chi connectivity index (χ2v) is 4.92. The van der Waals surface area contributed by atoms with Gasteiger partial charge in [0.15, 0.2) is 0 Å². The molecule has 1 aromatic rings. The van der Waals surface area contributed by atoms with Gasteiger partial charge in [-0.1, -0.05) is 22.5 Å². The summed E-state index contributed by atoms with van der Waals surface area (Å²) in [5, 5.41) is 3.10. The minimum Gasteiger partial charge on any atom is -0.380 e. The first-order valence-corrected chi connectivity index (χ1v) is 5.83. The van der Waals surface area contributed by atoms with E-state index in [-0.39, 0.29) is 11.8 Å². The van der Waals surface area contributed by atoms with Crippen LogP contribution in [0.25, 0.3) is 0 Å². The Balaban J connectivity index is 2.30. The first-order chi connectivity index (χ1) is 8.00. The summed E-state index contributed by atoms with van der Waals surface area (Å²) in [6.45, 7) is 4.27. The Hall–Kier alpha value is -1.62. The topological polar surface area (TPSA) is 49.4 Å². The van der Waals surface area contributed by atoms with E-state index >= 15 is 0 Å². The normalized spacial score (nSPS) is 13.9. The van der Waals surface area contributed by atoms with Crippen molar-refractivity contribution in [1.82, 2.24) is 4.90 Å². The quantitative estimate of drug-likeness (QED) is 0.870. The number of rotatable bonds is 3. The fourth-order valence-electron chi connectivity index (χ4n) is 1.67. The molecule has 2 amide bonds. The van der Waals surface area contributed by atoms with Crippen molar-refractivity contribution >= 4 is 33.4 Å². The molecule has 1 aliphatic heterocycles. The third-order valence-corrected chi connectivity index (χ3v) is 2.85. The molecule has 0 radical (unpaired) electrons. The van der Waals surface area contributed by atoms with Gasteiger partial charge in [-0.25, -0.2) is 0 Å². The van der Waals surface area contributed by atoms with E-state index in [1.165, 1.54) is 7.05 Å². The maximum atomic E-state index is 11.7. The highest BCUT2D eigenvalue weighted by atomic mass is 79.9. The Bertz CT molecular complexity index is 525. The lowest BCUT2D eigenvalue weighted by Crippen LogP contribution is -2.24. The van der Waals surface area contributed by atoms with Crippen LogP contribution >= 0.6 is 15.9 Å². The van der Waals surface area contributed by atoms with Crippen molar-refractivity contribution in [2.45, 2.75) is 0 Å². The number of imide groups is 1. The summed E-state index contributed by atoms with van der Waals surface area (Å²) in [5.41, 5.74) is 1.70. The molecule has 2 rings (SSSR count). The summed E-state index contributed by atoms with van der Waals surface area (Å²) < 4.78 is 0.817. The van der Waals surface area contributed by atoms with Crippen LogP contribution in [0, 0.1) is 0 Å². The van der Waals surface area contributed by atoms with Crippen LogP contribution in [0.4, 0.5) is 5.69 Å². The van der Waals surface area contributed by atoms with E-state index in [1.54, 1.807) is 18.2 Å². The van der Waals surface area contributed by atoms with Crippen LogP contribution in [0.3, 0.4) is 0 Å².